The zero-order chi connectivity index (χ0) is 19.1. The van der Waals surface area contributed by atoms with Gasteiger partial charge >= 0.3 is 0 Å². The SMILES string of the molecule is CN=C(NCCCc1nc(C(C)C)no1)N1CCN(c2ccccc2)CC1.I. The molecule has 7 nitrogen and oxygen atoms in total. The number of benzene rings is 1. The second-order valence-electron chi connectivity index (χ2n) is 7.09. The van der Waals surface area contributed by atoms with E-state index in [0.717, 1.165) is 57.3 Å². The number of aliphatic imine (C=N–C) groups is 1. The normalized spacial score (nSPS) is 14.9. The first kappa shape index (κ1) is 22.4. The van der Waals surface area contributed by atoms with Gasteiger partial charge in [0.2, 0.25) is 5.89 Å². The van der Waals surface area contributed by atoms with Gasteiger partial charge in [-0.15, -0.1) is 24.0 Å². The minimum Gasteiger partial charge on any atom is -0.368 e. The van der Waals surface area contributed by atoms with Crippen LogP contribution in [0.1, 0.15) is 37.9 Å². The van der Waals surface area contributed by atoms with E-state index in [0.29, 0.717) is 11.8 Å². The molecule has 0 aliphatic carbocycles. The van der Waals surface area contributed by atoms with Gasteiger partial charge in [-0.1, -0.05) is 37.2 Å². The fourth-order valence-electron chi connectivity index (χ4n) is 3.19. The molecule has 154 valence electrons. The average molecular weight is 498 g/mol. The summed E-state index contributed by atoms with van der Waals surface area (Å²) in [7, 11) is 1.85. The quantitative estimate of drug-likeness (QED) is 0.286. The van der Waals surface area contributed by atoms with Gasteiger partial charge in [0, 0.05) is 57.8 Å². The van der Waals surface area contributed by atoms with Crippen LogP contribution >= 0.6 is 24.0 Å². The van der Waals surface area contributed by atoms with Crippen LogP contribution in [-0.2, 0) is 6.42 Å². The Bertz CT molecular complexity index is 725. The Hall–Kier alpha value is -1.84. The van der Waals surface area contributed by atoms with E-state index in [4.69, 9.17) is 4.52 Å². The zero-order valence-corrected chi connectivity index (χ0v) is 19.3. The molecule has 1 aliphatic rings. The van der Waals surface area contributed by atoms with Crippen molar-refractivity contribution in [3.63, 3.8) is 0 Å². The van der Waals surface area contributed by atoms with Crippen molar-refractivity contribution in [3.8, 4) is 0 Å². The van der Waals surface area contributed by atoms with E-state index >= 15 is 0 Å². The molecule has 0 radical (unpaired) electrons. The maximum absolute atomic E-state index is 5.29. The summed E-state index contributed by atoms with van der Waals surface area (Å²) in [6, 6.07) is 10.6. The first-order valence-electron chi connectivity index (χ1n) is 9.75. The number of aryl methyl sites for hydroxylation is 1. The van der Waals surface area contributed by atoms with E-state index in [1.165, 1.54) is 5.69 Å². The van der Waals surface area contributed by atoms with Gasteiger partial charge in [-0.05, 0) is 18.6 Å². The molecule has 28 heavy (non-hydrogen) atoms. The van der Waals surface area contributed by atoms with Crippen molar-refractivity contribution in [1.29, 1.82) is 0 Å². The minimum absolute atomic E-state index is 0. The molecule has 8 heteroatoms. The Balaban J connectivity index is 0.00000280. The van der Waals surface area contributed by atoms with Crippen molar-refractivity contribution >= 4 is 35.6 Å². The van der Waals surface area contributed by atoms with Crippen molar-refractivity contribution in [2.24, 2.45) is 4.99 Å². The molecular formula is C20H31IN6O. The lowest BCUT2D eigenvalue weighted by Crippen LogP contribution is -2.52. The molecule has 3 rings (SSSR count). The van der Waals surface area contributed by atoms with Crippen molar-refractivity contribution < 1.29 is 4.52 Å². The number of piperazine rings is 1. The predicted octanol–water partition coefficient (Wildman–Crippen LogP) is 3.14. The molecule has 1 aromatic heterocycles. The van der Waals surface area contributed by atoms with Gasteiger partial charge in [0.1, 0.15) is 0 Å². The Morgan fingerprint density at radius 3 is 2.50 bits per heavy atom. The van der Waals surface area contributed by atoms with Crippen LogP contribution in [0.15, 0.2) is 39.8 Å². The van der Waals surface area contributed by atoms with E-state index in [9.17, 15) is 0 Å². The molecule has 1 aliphatic heterocycles. The van der Waals surface area contributed by atoms with Crippen LogP contribution in [0.3, 0.4) is 0 Å². The number of aromatic nitrogens is 2. The van der Waals surface area contributed by atoms with Crippen molar-refractivity contribution in [3.05, 3.63) is 42.0 Å². The average Bonchev–Trinajstić information content (AvgIpc) is 3.18. The maximum Gasteiger partial charge on any atom is 0.226 e. The Kier molecular flexibility index (Phi) is 9.01. The third-order valence-corrected chi connectivity index (χ3v) is 4.76. The summed E-state index contributed by atoms with van der Waals surface area (Å²) in [5.74, 6) is 2.77. The summed E-state index contributed by atoms with van der Waals surface area (Å²) in [5.41, 5.74) is 1.29. The van der Waals surface area contributed by atoms with Gasteiger partial charge in [-0.3, -0.25) is 4.99 Å². The molecule has 1 fully saturated rings. The fourth-order valence-corrected chi connectivity index (χ4v) is 3.19. The second-order valence-corrected chi connectivity index (χ2v) is 7.09. The van der Waals surface area contributed by atoms with Crippen LogP contribution in [0.2, 0.25) is 0 Å². The number of hydrogen-bond donors (Lipinski definition) is 1. The number of nitrogens with one attached hydrogen (secondary N) is 1. The lowest BCUT2D eigenvalue weighted by molar-refractivity contribution is 0.363. The van der Waals surface area contributed by atoms with Crippen LogP contribution in [0.25, 0.3) is 0 Å². The summed E-state index contributed by atoms with van der Waals surface area (Å²) in [6.07, 6.45) is 1.72. The lowest BCUT2D eigenvalue weighted by Gasteiger charge is -2.37. The number of guanidine groups is 1. The van der Waals surface area contributed by atoms with Crippen molar-refractivity contribution in [2.45, 2.75) is 32.6 Å². The van der Waals surface area contributed by atoms with E-state index in [1.54, 1.807) is 0 Å². The highest BCUT2D eigenvalue weighted by molar-refractivity contribution is 14.0. The van der Waals surface area contributed by atoms with E-state index in [-0.39, 0.29) is 24.0 Å². The van der Waals surface area contributed by atoms with Crippen molar-refractivity contribution in [2.75, 3.05) is 44.7 Å². The minimum atomic E-state index is 0. The first-order valence-corrected chi connectivity index (χ1v) is 9.75. The third-order valence-electron chi connectivity index (χ3n) is 4.76. The van der Waals surface area contributed by atoms with Gasteiger partial charge in [0.05, 0.1) is 0 Å². The number of nitrogens with zero attached hydrogens (tertiary/aromatic N) is 5. The number of anilines is 1. The smallest absolute Gasteiger partial charge is 0.226 e. The summed E-state index contributed by atoms with van der Waals surface area (Å²) in [6.45, 7) is 8.92. The molecule has 1 aromatic carbocycles. The molecule has 0 spiro atoms. The van der Waals surface area contributed by atoms with Gasteiger partial charge < -0.3 is 19.6 Å². The first-order chi connectivity index (χ1) is 13.2. The number of hydrogen-bond acceptors (Lipinski definition) is 5. The van der Waals surface area contributed by atoms with Crippen molar-refractivity contribution in [1.82, 2.24) is 20.4 Å². The van der Waals surface area contributed by atoms with Gasteiger partial charge in [0.15, 0.2) is 11.8 Å². The standard InChI is InChI=1S/C20H30N6O.HI/c1-16(2)19-23-18(27-24-19)10-7-11-22-20(21-3)26-14-12-25(13-15-26)17-8-5-4-6-9-17;/h4-6,8-9,16H,7,10-15H2,1-3H3,(H,21,22);1H. The highest BCUT2D eigenvalue weighted by atomic mass is 127. The molecule has 0 amide bonds. The molecule has 2 aromatic rings. The molecule has 0 atom stereocenters. The topological polar surface area (TPSA) is 69.8 Å². The summed E-state index contributed by atoms with van der Waals surface area (Å²) < 4.78 is 5.29. The molecule has 0 bridgehead atoms. The largest absolute Gasteiger partial charge is 0.368 e. The van der Waals surface area contributed by atoms with Gasteiger partial charge in [-0.2, -0.15) is 4.98 Å². The summed E-state index contributed by atoms with van der Waals surface area (Å²) in [5, 5.41) is 7.47. The highest BCUT2D eigenvalue weighted by Gasteiger charge is 2.19. The molecule has 1 saturated heterocycles. The Morgan fingerprint density at radius 2 is 1.89 bits per heavy atom. The van der Waals surface area contributed by atoms with Crippen LogP contribution in [-0.4, -0.2) is 60.8 Å². The second kappa shape index (κ2) is 11.2. The van der Waals surface area contributed by atoms with E-state index in [2.05, 4.69) is 74.4 Å². The highest BCUT2D eigenvalue weighted by Crippen LogP contribution is 2.15. The fraction of sp³-hybridized carbons (Fsp3) is 0.550. The molecule has 0 unspecified atom stereocenters. The Labute approximate surface area is 184 Å². The third kappa shape index (κ3) is 6.08. The van der Waals surface area contributed by atoms with Gasteiger partial charge in [0.25, 0.3) is 0 Å². The number of rotatable bonds is 6. The molecule has 2 heterocycles. The van der Waals surface area contributed by atoms with Crippen LogP contribution in [0.5, 0.6) is 0 Å². The van der Waals surface area contributed by atoms with Gasteiger partial charge in [-0.25, -0.2) is 0 Å². The van der Waals surface area contributed by atoms with Crippen LogP contribution in [0, 0.1) is 0 Å². The predicted molar refractivity (Wildman–Crippen MR) is 124 cm³/mol. The van der Waals surface area contributed by atoms with E-state index in [1.807, 2.05) is 7.05 Å². The Morgan fingerprint density at radius 1 is 1.18 bits per heavy atom. The molecule has 0 saturated carbocycles. The molecule has 1 N–H and O–H groups in total. The lowest BCUT2D eigenvalue weighted by atomic mass is 10.2. The maximum atomic E-state index is 5.29. The molecular weight excluding hydrogens is 467 g/mol. The monoisotopic (exact) mass is 498 g/mol. The number of para-hydroxylation sites is 1. The summed E-state index contributed by atoms with van der Waals surface area (Å²) >= 11 is 0. The zero-order valence-electron chi connectivity index (χ0n) is 17.0. The number of halogens is 1. The summed E-state index contributed by atoms with van der Waals surface area (Å²) in [4.78, 5) is 13.6. The van der Waals surface area contributed by atoms with Crippen LogP contribution < -0.4 is 10.2 Å². The van der Waals surface area contributed by atoms with Crippen LogP contribution in [0.4, 0.5) is 5.69 Å². The van der Waals surface area contributed by atoms with E-state index < -0.39 is 0 Å².